The van der Waals surface area contributed by atoms with Crippen LogP contribution >= 0.6 is 0 Å². The van der Waals surface area contributed by atoms with Crippen LogP contribution in [0.1, 0.15) is 23.8 Å². The van der Waals surface area contributed by atoms with Gasteiger partial charge in [0.2, 0.25) is 5.91 Å². The van der Waals surface area contributed by atoms with Crippen LogP contribution in [-0.4, -0.2) is 48.9 Å². The second-order valence-electron chi connectivity index (χ2n) is 4.17. The summed E-state index contributed by atoms with van der Waals surface area (Å²) in [7, 11) is -4.79. The van der Waals surface area contributed by atoms with Gasteiger partial charge in [0.05, 0.1) is 6.61 Å². The highest BCUT2D eigenvalue weighted by atomic mass is 32.3. The molecule has 1 saturated heterocycles. The molecule has 1 fully saturated rings. The largest absolute Gasteiger partial charge is 0.461 e. The molecule has 8 nitrogen and oxygen atoms in total. The van der Waals surface area contributed by atoms with E-state index in [4.69, 9.17) is 4.74 Å². The van der Waals surface area contributed by atoms with E-state index in [0.717, 1.165) is 4.90 Å². The minimum atomic E-state index is -4.79. The van der Waals surface area contributed by atoms with E-state index in [-0.39, 0.29) is 24.7 Å². The third kappa shape index (κ3) is 2.79. The molecule has 1 aliphatic heterocycles. The number of amides is 1. The average Bonchev–Trinajstić information content (AvgIpc) is 2.94. The van der Waals surface area contributed by atoms with Crippen molar-refractivity contribution in [3.63, 3.8) is 0 Å². The van der Waals surface area contributed by atoms with Crippen molar-refractivity contribution >= 4 is 27.9 Å². The predicted octanol–water partition coefficient (Wildman–Crippen LogP) is -0.00900. The first-order valence-corrected chi connectivity index (χ1v) is 7.24. The van der Waals surface area contributed by atoms with Crippen LogP contribution in [0.4, 0.5) is 9.70 Å². The monoisotopic (exact) mass is 305 g/mol. The van der Waals surface area contributed by atoms with Crippen molar-refractivity contribution in [3.05, 3.63) is 11.8 Å². The minimum absolute atomic E-state index is 0.0289. The van der Waals surface area contributed by atoms with E-state index in [9.17, 15) is 21.9 Å². The van der Waals surface area contributed by atoms with Gasteiger partial charge in [0.15, 0.2) is 5.82 Å². The Morgan fingerprint density at radius 3 is 2.90 bits per heavy atom. The number of ether oxygens (including phenoxy) is 1. The molecule has 0 aromatic carbocycles. The Balaban J connectivity index is 2.17. The maximum Gasteiger partial charge on any atom is 0.356 e. The number of hydrogen-bond donors (Lipinski definition) is 1. The van der Waals surface area contributed by atoms with Crippen LogP contribution in [0.5, 0.6) is 0 Å². The smallest absolute Gasteiger partial charge is 0.356 e. The molecule has 2 heterocycles. The van der Waals surface area contributed by atoms with E-state index < -0.39 is 33.8 Å². The number of nitrogens with one attached hydrogen (secondary N) is 1. The van der Waals surface area contributed by atoms with Crippen molar-refractivity contribution < 1.29 is 26.6 Å². The maximum absolute atomic E-state index is 12.9. The molecule has 1 N–H and O–H groups in total. The van der Waals surface area contributed by atoms with Crippen LogP contribution in [0.15, 0.2) is 6.07 Å². The molecule has 2 rings (SSSR count). The fraction of sp³-hybridized carbons (Fsp3) is 0.500. The molecule has 10 heteroatoms. The summed E-state index contributed by atoms with van der Waals surface area (Å²) in [6, 6.07) is 1.25. The average molecular weight is 305 g/mol. The van der Waals surface area contributed by atoms with E-state index in [1.54, 1.807) is 6.92 Å². The van der Waals surface area contributed by atoms with Gasteiger partial charge < -0.3 is 4.74 Å². The van der Waals surface area contributed by atoms with Gasteiger partial charge in [-0.25, -0.2) is 4.79 Å². The fourth-order valence-corrected chi connectivity index (χ4v) is 2.52. The van der Waals surface area contributed by atoms with Gasteiger partial charge in [-0.2, -0.15) is 13.5 Å². The van der Waals surface area contributed by atoms with Crippen molar-refractivity contribution in [2.45, 2.75) is 18.6 Å². The number of esters is 1. The fourth-order valence-electron chi connectivity index (χ4n) is 1.85. The number of carbonyl (C=O) groups excluding carboxylic acids is 2. The predicted molar refractivity (Wildman–Crippen MR) is 65.3 cm³/mol. The second kappa shape index (κ2) is 5.19. The van der Waals surface area contributed by atoms with Gasteiger partial charge in [0, 0.05) is 19.0 Å². The van der Waals surface area contributed by atoms with E-state index in [1.807, 2.05) is 0 Å². The Kier molecular flexibility index (Phi) is 3.75. The molecule has 0 aliphatic carbocycles. The van der Waals surface area contributed by atoms with Crippen LogP contribution < -0.4 is 4.90 Å². The van der Waals surface area contributed by atoms with Gasteiger partial charge in [-0.05, 0) is 6.92 Å². The van der Waals surface area contributed by atoms with Crippen molar-refractivity contribution in [3.8, 4) is 0 Å². The third-order valence-electron chi connectivity index (χ3n) is 2.82. The number of aromatic amines is 1. The zero-order chi connectivity index (χ0) is 14.9. The quantitative estimate of drug-likeness (QED) is 0.619. The summed E-state index contributed by atoms with van der Waals surface area (Å²) >= 11 is 0. The van der Waals surface area contributed by atoms with Gasteiger partial charge in [-0.15, -0.1) is 3.89 Å². The number of anilines is 1. The summed E-state index contributed by atoms with van der Waals surface area (Å²) in [4.78, 5) is 24.1. The molecule has 20 heavy (non-hydrogen) atoms. The minimum Gasteiger partial charge on any atom is -0.461 e. The van der Waals surface area contributed by atoms with Crippen LogP contribution in [0, 0.1) is 0 Å². The Hall–Kier alpha value is -1.97. The number of rotatable bonds is 4. The summed E-state index contributed by atoms with van der Waals surface area (Å²) in [6.07, 6.45) is -0.444. The SMILES string of the molecule is CCOC(=O)c1cc(N2CC(S(=O)(=O)F)CC2=O)n[nH]1. The number of hydrogen-bond acceptors (Lipinski definition) is 6. The zero-order valence-electron chi connectivity index (χ0n) is 10.5. The second-order valence-corrected chi connectivity index (χ2v) is 5.78. The number of nitrogens with zero attached hydrogens (tertiary/aromatic N) is 2. The highest BCUT2D eigenvalue weighted by molar-refractivity contribution is 7.87. The van der Waals surface area contributed by atoms with Gasteiger partial charge in [0.1, 0.15) is 10.9 Å². The lowest BCUT2D eigenvalue weighted by Crippen LogP contribution is -2.27. The zero-order valence-corrected chi connectivity index (χ0v) is 11.3. The van der Waals surface area contributed by atoms with E-state index in [0.29, 0.717) is 0 Å². The molecule has 1 aliphatic rings. The lowest BCUT2D eigenvalue weighted by atomic mass is 10.4. The van der Waals surface area contributed by atoms with Crippen molar-refractivity contribution in [1.82, 2.24) is 10.2 Å². The molecule has 1 aromatic rings. The van der Waals surface area contributed by atoms with Crippen LogP contribution in [-0.2, 0) is 19.8 Å². The maximum atomic E-state index is 12.9. The number of carbonyl (C=O) groups is 2. The molecule has 1 atom stereocenters. The Morgan fingerprint density at radius 2 is 2.35 bits per heavy atom. The molecule has 0 bridgehead atoms. The summed E-state index contributed by atoms with van der Waals surface area (Å²) < 4.78 is 39.2. The number of aromatic nitrogens is 2. The molecule has 0 spiro atoms. The van der Waals surface area contributed by atoms with Crippen molar-refractivity contribution in [2.75, 3.05) is 18.1 Å². The summed E-state index contributed by atoms with van der Waals surface area (Å²) in [5, 5.41) is 4.71. The molecule has 110 valence electrons. The summed E-state index contributed by atoms with van der Waals surface area (Å²) in [6.45, 7) is 1.48. The van der Waals surface area contributed by atoms with Crippen LogP contribution in [0.25, 0.3) is 0 Å². The molecule has 1 unspecified atom stereocenters. The molecule has 1 amide bonds. The molecule has 0 radical (unpaired) electrons. The summed E-state index contributed by atoms with van der Waals surface area (Å²) in [5.74, 6) is -1.16. The van der Waals surface area contributed by atoms with Crippen LogP contribution in [0.2, 0.25) is 0 Å². The lowest BCUT2D eigenvalue weighted by Gasteiger charge is -2.11. The first kappa shape index (κ1) is 14.4. The van der Waals surface area contributed by atoms with Gasteiger partial charge in [-0.1, -0.05) is 0 Å². The highest BCUT2D eigenvalue weighted by Crippen LogP contribution is 2.24. The van der Waals surface area contributed by atoms with E-state index >= 15 is 0 Å². The van der Waals surface area contributed by atoms with Gasteiger partial charge >= 0.3 is 16.2 Å². The topological polar surface area (TPSA) is 109 Å². The van der Waals surface area contributed by atoms with E-state index in [1.165, 1.54) is 6.07 Å². The normalized spacial score (nSPS) is 19.4. The van der Waals surface area contributed by atoms with Crippen LogP contribution in [0.3, 0.4) is 0 Å². The van der Waals surface area contributed by atoms with Gasteiger partial charge in [0.25, 0.3) is 0 Å². The Labute approximate surface area is 114 Å². The first-order valence-electron chi connectivity index (χ1n) is 5.79. The standard InChI is InChI=1S/C10H12FN3O5S/c1-2-19-10(16)7-4-8(13-12-7)14-5-6(3-9(14)15)20(11,17)18/h4,6H,2-3,5H2,1H3,(H,12,13). The number of H-pyrrole nitrogens is 1. The summed E-state index contributed by atoms with van der Waals surface area (Å²) in [5.41, 5.74) is 0.0289. The Bertz CT molecular complexity index is 641. The molecular weight excluding hydrogens is 293 g/mol. The van der Waals surface area contributed by atoms with E-state index in [2.05, 4.69) is 10.2 Å². The molecule has 1 aromatic heterocycles. The molecule has 0 saturated carbocycles. The molecular formula is C10H12FN3O5S. The first-order chi connectivity index (χ1) is 9.32. The third-order valence-corrected chi connectivity index (χ3v) is 3.94. The van der Waals surface area contributed by atoms with Crippen molar-refractivity contribution in [2.24, 2.45) is 0 Å². The Morgan fingerprint density at radius 1 is 1.65 bits per heavy atom. The highest BCUT2D eigenvalue weighted by Gasteiger charge is 2.40. The number of halogens is 1. The lowest BCUT2D eigenvalue weighted by molar-refractivity contribution is -0.117. The van der Waals surface area contributed by atoms with Crippen molar-refractivity contribution in [1.29, 1.82) is 0 Å². The van der Waals surface area contributed by atoms with Gasteiger partial charge in [-0.3, -0.25) is 14.8 Å².